The molecule has 0 aromatic heterocycles. The molecule has 1 aliphatic rings. The monoisotopic (exact) mass is 327 g/mol. The Morgan fingerprint density at radius 2 is 1.91 bits per heavy atom. The second-order valence-corrected chi connectivity index (χ2v) is 7.79. The van der Waals surface area contributed by atoms with Gasteiger partial charge in [0.2, 0.25) is 10.0 Å². The van der Waals surface area contributed by atoms with E-state index in [1.807, 2.05) is 0 Å². The van der Waals surface area contributed by atoms with Gasteiger partial charge in [0.15, 0.2) is 4.90 Å². The minimum Gasteiger partial charge on any atom is -0.329 e. The van der Waals surface area contributed by atoms with Gasteiger partial charge in [0.1, 0.15) is 0 Å². The number of nitrogens with zero attached hydrogens (tertiary/aromatic N) is 2. The molecule has 1 unspecified atom stereocenters. The lowest BCUT2D eigenvalue weighted by molar-refractivity contribution is -0.387. The molecule has 1 saturated carbocycles. The molecule has 2 rings (SSSR count). The Morgan fingerprint density at radius 1 is 1.36 bits per heavy atom. The molecular formula is C14H21N3O4S. The van der Waals surface area contributed by atoms with E-state index in [0.717, 1.165) is 12.8 Å². The van der Waals surface area contributed by atoms with Crippen molar-refractivity contribution in [2.45, 2.75) is 37.6 Å². The van der Waals surface area contributed by atoms with Crippen LogP contribution in [0.15, 0.2) is 17.0 Å². The molecule has 1 aromatic carbocycles. The highest BCUT2D eigenvalue weighted by molar-refractivity contribution is 7.89. The summed E-state index contributed by atoms with van der Waals surface area (Å²) in [5.41, 5.74) is 6.70. The van der Waals surface area contributed by atoms with E-state index in [2.05, 4.69) is 0 Å². The maximum Gasteiger partial charge on any atom is 0.289 e. The van der Waals surface area contributed by atoms with Gasteiger partial charge in [0.25, 0.3) is 5.69 Å². The molecule has 8 heteroatoms. The summed E-state index contributed by atoms with van der Waals surface area (Å²) in [6, 6.07) is 2.37. The normalized spacial score (nSPS) is 16.8. The molecule has 7 nitrogen and oxygen atoms in total. The molecule has 1 aromatic rings. The average Bonchev–Trinajstić information content (AvgIpc) is 3.26. The third-order valence-electron chi connectivity index (χ3n) is 4.30. The van der Waals surface area contributed by atoms with E-state index >= 15 is 0 Å². The summed E-state index contributed by atoms with van der Waals surface area (Å²) >= 11 is 0. The molecule has 1 atom stereocenters. The summed E-state index contributed by atoms with van der Waals surface area (Å²) in [4.78, 5) is 10.3. The largest absolute Gasteiger partial charge is 0.329 e. The van der Waals surface area contributed by atoms with Gasteiger partial charge in [-0.15, -0.1) is 0 Å². The van der Waals surface area contributed by atoms with Crippen LogP contribution in [0.1, 0.15) is 24.0 Å². The second-order valence-electron chi connectivity index (χ2n) is 5.82. The number of rotatable bonds is 6. The Bertz CT molecular complexity index is 698. The van der Waals surface area contributed by atoms with E-state index in [-0.39, 0.29) is 29.1 Å². The van der Waals surface area contributed by atoms with Gasteiger partial charge in [-0.3, -0.25) is 10.1 Å². The standard InChI is InChI=1S/C14H21N3O4S/c1-9-6-12(17(18)19)14(7-10(9)2)22(20,21)16(3)13(8-15)11-4-5-11/h6-7,11,13H,4-5,8,15H2,1-3H3. The summed E-state index contributed by atoms with van der Waals surface area (Å²) in [7, 11) is -2.51. The predicted octanol–water partition coefficient (Wildman–Crippen LogP) is 1.57. The van der Waals surface area contributed by atoms with Gasteiger partial charge < -0.3 is 5.73 Å². The van der Waals surface area contributed by atoms with Gasteiger partial charge in [0.05, 0.1) is 4.92 Å². The summed E-state index contributed by atoms with van der Waals surface area (Å²) < 4.78 is 26.8. The molecule has 1 fully saturated rings. The first-order chi connectivity index (χ1) is 10.2. The van der Waals surface area contributed by atoms with E-state index in [4.69, 9.17) is 5.73 Å². The zero-order valence-corrected chi connectivity index (χ0v) is 13.8. The van der Waals surface area contributed by atoms with Gasteiger partial charge in [-0.25, -0.2) is 8.42 Å². The van der Waals surface area contributed by atoms with Gasteiger partial charge in [-0.05, 0) is 49.8 Å². The lowest BCUT2D eigenvalue weighted by atomic mass is 10.1. The van der Waals surface area contributed by atoms with Crippen molar-refractivity contribution in [2.75, 3.05) is 13.6 Å². The highest BCUT2D eigenvalue weighted by Crippen LogP contribution is 2.37. The smallest absolute Gasteiger partial charge is 0.289 e. The van der Waals surface area contributed by atoms with Crippen LogP contribution < -0.4 is 5.73 Å². The third-order valence-corrected chi connectivity index (χ3v) is 6.22. The number of hydrogen-bond acceptors (Lipinski definition) is 5. The minimum absolute atomic E-state index is 0.207. The van der Waals surface area contributed by atoms with E-state index in [1.165, 1.54) is 23.5 Å². The van der Waals surface area contributed by atoms with Crippen LogP contribution in [0, 0.1) is 29.9 Å². The van der Waals surface area contributed by atoms with E-state index in [0.29, 0.717) is 11.1 Å². The Morgan fingerprint density at radius 3 is 2.36 bits per heavy atom. The number of likely N-dealkylation sites (N-methyl/N-ethyl adjacent to an activating group) is 1. The van der Waals surface area contributed by atoms with Crippen molar-refractivity contribution in [2.24, 2.45) is 11.7 Å². The lowest BCUT2D eigenvalue weighted by Crippen LogP contribution is -2.43. The Labute approximate surface area is 130 Å². The maximum absolute atomic E-state index is 12.8. The quantitative estimate of drug-likeness (QED) is 0.630. The third kappa shape index (κ3) is 2.99. The van der Waals surface area contributed by atoms with Crippen LogP contribution in [-0.4, -0.2) is 37.3 Å². The molecular weight excluding hydrogens is 306 g/mol. The van der Waals surface area contributed by atoms with Crippen LogP contribution in [0.3, 0.4) is 0 Å². The number of aryl methyl sites for hydroxylation is 2. The Balaban J connectivity index is 2.53. The highest BCUT2D eigenvalue weighted by Gasteiger charge is 2.40. The molecule has 1 aliphatic carbocycles. The number of nitro groups is 1. The molecule has 2 N–H and O–H groups in total. The molecule has 0 amide bonds. The van der Waals surface area contributed by atoms with Crippen LogP contribution in [0.2, 0.25) is 0 Å². The molecule has 0 spiro atoms. The summed E-state index contributed by atoms with van der Waals surface area (Å²) in [6.07, 6.45) is 1.88. The number of nitrogens with two attached hydrogens (primary N) is 1. The first kappa shape index (κ1) is 16.9. The van der Waals surface area contributed by atoms with Crippen molar-refractivity contribution >= 4 is 15.7 Å². The number of hydrogen-bond donors (Lipinski definition) is 1. The van der Waals surface area contributed by atoms with Crippen molar-refractivity contribution in [1.29, 1.82) is 0 Å². The van der Waals surface area contributed by atoms with Gasteiger partial charge >= 0.3 is 0 Å². The van der Waals surface area contributed by atoms with Crippen molar-refractivity contribution in [3.63, 3.8) is 0 Å². The van der Waals surface area contributed by atoms with Crippen LogP contribution in [0.5, 0.6) is 0 Å². The number of nitro benzene ring substituents is 1. The van der Waals surface area contributed by atoms with Crippen molar-refractivity contribution in [1.82, 2.24) is 4.31 Å². The zero-order chi connectivity index (χ0) is 16.7. The molecule has 22 heavy (non-hydrogen) atoms. The van der Waals surface area contributed by atoms with Gasteiger partial charge in [0, 0.05) is 25.7 Å². The Hall–Kier alpha value is -1.51. The lowest BCUT2D eigenvalue weighted by Gasteiger charge is -2.26. The minimum atomic E-state index is -3.96. The molecule has 0 heterocycles. The fraction of sp³-hybridized carbons (Fsp3) is 0.571. The maximum atomic E-state index is 12.8. The fourth-order valence-electron chi connectivity index (χ4n) is 2.58. The van der Waals surface area contributed by atoms with E-state index < -0.39 is 14.9 Å². The number of sulfonamides is 1. The molecule has 0 saturated heterocycles. The van der Waals surface area contributed by atoms with Gasteiger partial charge in [-0.1, -0.05) is 0 Å². The Kier molecular flexibility index (Phi) is 4.55. The van der Waals surface area contributed by atoms with Gasteiger partial charge in [-0.2, -0.15) is 4.31 Å². The predicted molar refractivity (Wildman–Crippen MR) is 83.1 cm³/mol. The SMILES string of the molecule is Cc1cc([N+](=O)[O-])c(S(=O)(=O)N(C)C(CN)C2CC2)cc1C. The van der Waals surface area contributed by atoms with Crippen LogP contribution in [0.25, 0.3) is 0 Å². The van der Waals surface area contributed by atoms with E-state index in [9.17, 15) is 18.5 Å². The van der Waals surface area contributed by atoms with Crippen LogP contribution in [-0.2, 0) is 10.0 Å². The summed E-state index contributed by atoms with van der Waals surface area (Å²) in [5.74, 6) is 0.246. The zero-order valence-electron chi connectivity index (χ0n) is 12.9. The van der Waals surface area contributed by atoms with Crippen molar-refractivity contribution in [3.05, 3.63) is 33.4 Å². The van der Waals surface area contributed by atoms with Crippen LogP contribution in [0.4, 0.5) is 5.69 Å². The van der Waals surface area contributed by atoms with Crippen molar-refractivity contribution in [3.8, 4) is 0 Å². The first-order valence-electron chi connectivity index (χ1n) is 7.14. The fourth-order valence-corrected chi connectivity index (χ4v) is 4.22. The number of benzene rings is 1. The van der Waals surface area contributed by atoms with E-state index in [1.54, 1.807) is 13.8 Å². The average molecular weight is 327 g/mol. The molecule has 0 aliphatic heterocycles. The molecule has 0 radical (unpaired) electrons. The van der Waals surface area contributed by atoms with Crippen molar-refractivity contribution < 1.29 is 13.3 Å². The topological polar surface area (TPSA) is 107 Å². The molecule has 0 bridgehead atoms. The second kappa shape index (κ2) is 5.94. The highest BCUT2D eigenvalue weighted by atomic mass is 32.2. The summed E-state index contributed by atoms with van der Waals surface area (Å²) in [6.45, 7) is 3.66. The molecule has 122 valence electrons. The summed E-state index contributed by atoms with van der Waals surface area (Å²) in [5, 5.41) is 11.2. The van der Waals surface area contributed by atoms with Crippen LogP contribution >= 0.6 is 0 Å². The first-order valence-corrected chi connectivity index (χ1v) is 8.58.